The Labute approximate surface area is 191 Å². The molecule has 0 radical (unpaired) electrons. The highest BCUT2D eigenvalue weighted by Crippen LogP contribution is 2.33. The maximum Gasteiger partial charge on any atom is 0.317 e. The average Bonchev–Trinajstić information content (AvgIpc) is 3.08. The summed E-state index contributed by atoms with van der Waals surface area (Å²) in [5.41, 5.74) is 1.90. The van der Waals surface area contributed by atoms with Crippen LogP contribution < -0.4 is 10.1 Å². The van der Waals surface area contributed by atoms with Crippen molar-refractivity contribution in [2.75, 3.05) is 20.3 Å². The zero-order chi connectivity index (χ0) is 24.0. The van der Waals surface area contributed by atoms with Gasteiger partial charge in [0.2, 0.25) is 5.88 Å². The minimum absolute atomic E-state index is 0.0558. The van der Waals surface area contributed by atoms with Crippen molar-refractivity contribution in [1.29, 1.82) is 0 Å². The Hall–Kier alpha value is -3.46. The Morgan fingerprint density at radius 2 is 1.91 bits per heavy atom. The molecule has 0 unspecified atom stereocenters. The number of carbonyl (C=O) groups excluding carboxylic acids is 1. The minimum Gasteiger partial charge on any atom is -0.435 e. The van der Waals surface area contributed by atoms with Crippen LogP contribution in [0.15, 0.2) is 48.5 Å². The predicted molar refractivity (Wildman–Crippen MR) is 121 cm³/mol. The molecular weight excluding hydrogens is 430 g/mol. The second-order valence-electron chi connectivity index (χ2n) is 7.81. The van der Waals surface area contributed by atoms with Gasteiger partial charge in [-0.15, -0.1) is 0 Å². The third kappa shape index (κ3) is 6.07. The Bertz CT molecular complexity index is 1090. The Morgan fingerprint density at radius 3 is 2.55 bits per heavy atom. The number of benzene rings is 2. The van der Waals surface area contributed by atoms with Crippen molar-refractivity contribution < 1.29 is 23.0 Å². The summed E-state index contributed by atoms with van der Waals surface area (Å²) >= 11 is 0. The van der Waals surface area contributed by atoms with Gasteiger partial charge >= 0.3 is 6.03 Å². The molecule has 0 saturated heterocycles. The van der Waals surface area contributed by atoms with E-state index in [1.54, 1.807) is 23.6 Å². The lowest BCUT2D eigenvalue weighted by Gasteiger charge is -2.24. The molecule has 0 fully saturated rings. The van der Waals surface area contributed by atoms with Crippen molar-refractivity contribution in [2.45, 2.75) is 33.4 Å². The summed E-state index contributed by atoms with van der Waals surface area (Å²) in [4.78, 5) is 14.4. The highest BCUT2D eigenvalue weighted by molar-refractivity contribution is 5.74. The summed E-state index contributed by atoms with van der Waals surface area (Å²) in [5.74, 6) is -1.45. The molecule has 1 N–H and O–H groups in total. The van der Waals surface area contributed by atoms with E-state index in [0.29, 0.717) is 30.1 Å². The van der Waals surface area contributed by atoms with Gasteiger partial charge in [0.25, 0.3) is 0 Å². The van der Waals surface area contributed by atoms with Crippen molar-refractivity contribution in [3.63, 3.8) is 0 Å². The number of aryl methyl sites for hydroxylation is 1. The number of aromatic nitrogens is 2. The monoisotopic (exact) mass is 458 g/mol. The molecule has 2 aromatic carbocycles. The maximum absolute atomic E-state index is 14.4. The van der Waals surface area contributed by atoms with E-state index in [0.717, 1.165) is 12.1 Å². The van der Waals surface area contributed by atoms with E-state index in [4.69, 9.17) is 9.47 Å². The van der Waals surface area contributed by atoms with E-state index in [-0.39, 0.29) is 30.2 Å². The average molecular weight is 459 g/mol. The highest BCUT2D eigenvalue weighted by Gasteiger charge is 2.24. The number of nitrogens with one attached hydrogen (secondary N) is 1. The summed E-state index contributed by atoms with van der Waals surface area (Å²) < 4.78 is 40.5. The van der Waals surface area contributed by atoms with Crippen LogP contribution in [0, 0.1) is 18.6 Å². The fourth-order valence-corrected chi connectivity index (χ4v) is 3.21. The quantitative estimate of drug-likeness (QED) is 0.499. The molecule has 0 aliphatic heterocycles. The largest absolute Gasteiger partial charge is 0.435 e. The molecule has 1 heterocycles. The molecule has 0 bridgehead atoms. The Balaban J connectivity index is 2.05. The van der Waals surface area contributed by atoms with E-state index in [2.05, 4.69) is 10.4 Å². The number of halogens is 2. The van der Waals surface area contributed by atoms with Gasteiger partial charge in [-0.25, -0.2) is 18.3 Å². The molecule has 9 heteroatoms. The fraction of sp³-hybridized carbons (Fsp3) is 0.333. The molecule has 33 heavy (non-hydrogen) atoms. The number of hydrogen-bond donors (Lipinski definition) is 1. The van der Waals surface area contributed by atoms with Crippen LogP contribution in [0.3, 0.4) is 0 Å². The van der Waals surface area contributed by atoms with E-state index in [1.165, 1.54) is 6.07 Å². The Morgan fingerprint density at radius 1 is 1.18 bits per heavy atom. The van der Waals surface area contributed by atoms with E-state index < -0.39 is 11.6 Å². The van der Waals surface area contributed by atoms with Gasteiger partial charge in [0, 0.05) is 25.8 Å². The molecule has 0 aliphatic rings. The topological polar surface area (TPSA) is 68.6 Å². The maximum atomic E-state index is 14.4. The van der Waals surface area contributed by atoms with Gasteiger partial charge in [0.15, 0.2) is 11.6 Å². The zero-order valence-corrected chi connectivity index (χ0v) is 19.1. The molecule has 0 aliphatic carbocycles. The number of amides is 2. The van der Waals surface area contributed by atoms with Gasteiger partial charge < -0.3 is 19.7 Å². The minimum atomic E-state index is -0.840. The van der Waals surface area contributed by atoms with Crippen LogP contribution in [-0.2, 0) is 11.3 Å². The van der Waals surface area contributed by atoms with Gasteiger partial charge in [-0.1, -0.05) is 18.2 Å². The second kappa shape index (κ2) is 10.9. The molecule has 0 spiro atoms. The van der Waals surface area contributed by atoms with Crippen LogP contribution in [-0.4, -0.2) is 47.0 Å². The number of hydrogen-bond acceptors (Lipinski definition) is 4. The summed E-state index contributed by atoms with van der Waals surface area (Å²) in [6.45, 7) is 6.35. The van der Waals surface area contributed by atoms with Crippen LogP contribution >= 0.6 is 0 Å². The van der Waals surface area contributed by atoms with Crippen LogP contribution in [0.2, 0.25) is 0 Å². The number of methoxy groups -OCH3 is 1. The summed E-state index contributed by atoms with van der Waals surface area (Å²) in [5, 5.41) is 7.46. The van der Waals surface area contributed by atoms with Crippen molar-refractivity contribution in [3.05, 3.63) is 71.4 Å². The third-order valence-electron chi connectivity index (χ3n) is 4.85. The van der Waals surface area contributed by atoms with E-state index in [9.17, 15) is 13.6 Å². The molecule has 0 saturated carbocycles. The standard InChI is InChI=1S/C24H28F2N4O3/c1-16(2)27-24(31)29(12-13-32-4)15-20-17(3)28-30(19-8-6-5-7-9-19)23(20)33-22-11-10-18(25)14-21(22)26/h5-11,14,16H,12-13,15H2,1-4H3,(H,27,31). The number of urea groups is 1. The number of carbonyl (C=O) groups is 1. The highest BCUT2D eigenvalue weighted by atomic mass is 19.1. The first-order valence-corrected chi connectivity index (χ1v) is 10.6. The second-order valence-corrected chi connectivity index (χ2v) is 7.81. The Kier molecular flexibility index (Phi) is 8.00. The van der Waals surface area contributed by atoms with Crippen molar-refractivity contribution in [3.8, 4) is 17.3 Å². The van der Waals surface area contributed by atoms with Gasteiger partial charge in [0.1, 0.15) is 5.82 Å². The summed E-state index contributed by atoms with van der Waals surface area (Å²) in [6.07, 6.45) is 0. The third-order valence-corrected chi connectivity index (χ3v) is 4.85. The van der Waals surface area contributed by atoms with Crippen molar-refractivity contribution >= 4 is 6.03 Å². The lowest BCUT2D eigenvalue weighted by Crippen LogP contribution is -2.44. The SMILES string of the molecule is COCCN(Cc1c(C)nn(-c2ccccc2)c1Oc1ccc(F)cc1F)C(=O)NC(C)C. The number of ether oxygens (including phenoxy) is 2. The normalized spacial score (nSPS) is 11.0. The molecule has 1 aromatic heterocycles. The van der Waals surface area contributed by atoms with Gasteiger partial charge in [0.05, 0.1) is 30.1 Å². The fourth-order valence-electron chi connectivity index (χ4n) is 3.21. The van der Waals surface area contributed by atoms with Crippen LogP contribution in [0.4, 0.5) is 13.6 Å². The molecule has 3 rings (SSSR count). The van der Waals surface area contributed by atoms with Crippen molar-refractivity contribution in [2.24, 2.45) is 0 Å². The molecule has 0 atom stereocenters. The van der Waals surface area contributed by atoms with Gasteiger partial charge in [-0.2, -0.15) is 5.10 Å². The van der Waals surface area contributed by atoms with Crippen LogP contribution in [0.5, 0.6) is 11.6 Å². The first-order chi connectivity index (χ1) is 15.8. The zero-order valence-electron chi connectivity index (χ0n) is 19.1. The molecule has 2 amide bonds. The molecular formula is C24H28F2N4O3. The first kappa shape index (κ1) is 24.2. The summed E-state index contributed by atoms with van der Waals surface area (Å²) in [6, 6.07) is 12.0. The smallest absolute Gasteiger partial charge is 0.317 e. The number of rotatable bonds is 9. The van der Waals surface area contributed by atoms with E-state index in [1.807, 2.05) is 44.2 Å². The number of nitrogens with zero attached hydrogens (tertiary/aromatic N) is 3. The van der Waals surface area contributed by atoms with E-state index >= 15 is 0 Å². The first-order valence-electron chi connectivity index (χ1n) is 10.6. The lowest BCUT2D eigenvalue weighted by molar-refractivity contribution is 0.145. The lowest BCUT2D eigenvalue weighted by atomic mass is 10.2. The summed E-state index contributed by atoms with van der Waals surface area (Å²) in [7, 11) is 1.56. The molecule has 7 nitrogen and oxygen atoms in total. The van der Waals surface area contributed by atoms with Crippen LogP contribution in [0.1, 0.15) is 25.1 Å². The molecule has 176 valence electrons. The van der Waals surface area contributed by atoms with Gasteiger partial charge in [-0.05, 0) is 45.0 Å². The predicted octanol–water partition coefficient (Wildman–Crippen LogP) is 4.82. The number of para-hydroxylation sites is 1. The van der Waals surface area contributed by atoms with Gasteiger partial charge in [-0.3, -0.25) is 0 Å². The van der Waals surface area contributed by atoms with Crippen molar-refractivity contribution in [1.82, 2.24) is 20.0 Å². The molecule has 3 aromatic rings. The van der Waals surface area contributed by atoms with Crippen LogP contribution in [0.25, 0.3) is 5.69 Å².